The van der Waals surface area contributed by atoms with Gasteiger partial charge in [0.15, 0.2) is 10.1 Å². The summed E-state index contributed by atoms with van der Waals surface area (Å²) in [5.41, 5.74) is 9.12. The molecule has 2 aromatic heterocycles. The largest absolute Gasteiger partial charge is 0.384 e. The van der Waals surface area contributed by atoms with Gasteiger partial charge in [0.25, 0.3) is 0 Å². The van der Waals surface area contributed by atoms with E-state index in [4.69, 9.17) is 17.3 Å². The lowest BCUT2D eigenvalue weighted by Crippen LogP contribution is -2.39. The third-order valence-corrected chi connectivity index (χ3v) is 8.41. The van der Waals surface area contributed by atoms with Gasteiger partial charge in [-0.25, -0.2) is 4.98 Å². The number of nitrogens with zero attached hydrogens (tertiary/aromatic N) is 5. The topological polar surface area (TPSA) is 138 Å². The summed E-state index contributed by atoms with van der Waals surface area (Å²) in [6.07, 6.45) is 6.94. The van der Waals surface area contributed by atoms with Gasteiger partial charge in [0.1, 0.15) is 11.6 Å². The smallest absolute Gasteiger partial charge is 0.235 e. The minimum atomic E-state index is -0.541. The van der Waals surface area contributed by atoms with E-state index < -0.39 is 5.92 Å². The molecular formula is C27H22ClN7O2S2. The van der Waals surface area contributed by atoms with E-state index in [0.29, 0.717) is 45.1 Å². The Balaban J connectivity index is 1.38. The molecule has 0 bridgehead atoms. The van der Waals surface area contributed by atoms with Crippen molar-refractivity contribution in [3.8, 4) is 6.07 Å². The Morgan fingerprint density at radius 3 is 2.82 bits per heavy atom. The van der Waals surface area contributed by atoms with Gasteiger partial charge in [-0.15, -0.1) is 10.2 Å². The molecule has 0 fully saturated rings. The number of hydrogen-bond acceptors (Lipinski definition) is 10. The van der Waals surface area contributed by atoms with E-state index in [1.807, 2.05) is 42.5 Å². The van der Waals surface area contributed by atoms with Crippen molar-refractivity contribution < 1.29 is 9.59 Å². The average molecular weight is 576 g/mol. The van der Waals surface area contributed by atoms with Gasteiger partial charge < -0.3 is 11.1 Å². The fourth-order valence-electron chi connectivity index (χ4n) is 4.42. The number of nitrogens with one attached hydrogen (secondary N) is 1. The van der Waals surface area contributed by atoms with Gasteiger partial charge in [-0.1, -0.05) is 77.2 Å². The van der Waals surface area contributed by atoms with Gasteiger partial charge in [-0.05, 0) is 30.5 Å². The highest BCUT2D eigenvalue weighted by atomic mass is 35.5. The number of nitrogens with two attached hydrogens (primary N) is 1. The summed E-state index contributed by atoms with van der Waals surface area (Å²) >= 11 is 8.29. The van der Waals surface area contributed by atoms with Gasteiger partial charge in [0.2, 0.25) is 11.0 Å². The van der Waals surface area contributed by atoms with E-state index in [1.54, 1.807) is 17.0 Å². The number of anilines is 2. The molecule has 1 aromatic carbocycles. The average Bonchev–Trinajstić information content (AvgIpc) is 3.41. The Morgan fingerprint density at radius 2 is 2.08 bits per heavy atom. The van der Waals surface area contributed by atoms with Gasteiger partial charge >= 0.3 is 0 Å². The minimum Gasteiger partial charge on any atom is -0.384 e. The standard InChI is InChI=1S/C27H22ClN7O2S2/c28-17-10-12-22(31-14-17)32-23(37)15-38-27-34-33-26(39-27)35-20-7-4-8-21(36)24(20)18(19(13-29)25(35)30)11-9-16-5-2-1-3-6-16/h1-3,5-6,9-12,14,18H,4,7-8,15,30H2,(H,31,32,37)/b11-9+. The maximum atomic E-state index is 13.2. The van der Waals surface area contributed by atoms with Crippen LogP contribution in [0.3, 0.4) is 0 Å². The van der Waals surface area contributed by atoms with Crippen molar-refractivity contribution in [3.63, 3.8) is 0 Å². The fourth-order valence-corrected chi connectivity index (χ4v) is 6.21. The second-order valence-electron chi connectivity index (χ2n) is 8.68. The van der Waals surface area contributed by atoms with Crippen LogP contribution >= 0.6 is 34.7 Å². The van der Waals surface area contributed by atoms with Crippen molar-refractivity contribution in [2.75, 3.05) is 16.0 Å². The highest BCUT2D eigenvalue weighted by Gasteiger charge is 2.39. The third-order valence-electron chi connectivity index (χ3n) is 6.15. The van der Waals surface area contributed by atoms with Crippen molar-refractivity contribution in [2.24, 2.45) is 11.7 Å². The maximum absolute atomic E-state index is 13.2. The number of hydrogen-bond donors (Lipinski definition) is 2. The number of amides is 1. The molecule has 0 saturated carbocycles. The zero-order valence-electron chi connectivity index (χ0n) is 20.5. The molecule has 1 amide bonds. The SMILES string of the molecule is N#CC1=C(N)N(c2nnc(SCC(=O)Nc3ccc(Cl)cn3)s2)C2=C(C(=O)CCC2)C1/C=C/c1ccccc1. The predicted molar refractivity (Wildman–Crippen MR) is 153 cm³/mol. The molecule has 1 aliphatic carbocycles. The zero-order chi connectivity index (χ0) is 27.4. The Labute approximate surface area is 238 Å². The van der Waals surface area contributed by atoms with E-state index in [0.717, 1.165) is 11.3 Å². The van der Waals surface area contributed by atoms with Crippen molar-refractivity contribution >= 4 is 63.4 Å². The molecule has 1 atom stereocenters. The second-order valence-corrected chi connectivity index (χ2v) is 11.3. The molecule has 0 spiro atoms. The molecule has 3 heterocycles. The summed E-state index contributed by atoms with van der Waals surface area (Å²) in [6, 6.07) is 15.2. The number of nitriles is 1. The molecule has 5 rings (SSSR count). The Hall–Kier alpha value is -3.98. The number of pyridine rings is 1. The van der Waals surface area contributed by atoms with Gasteiger partial charge in [-0.3, -0.25) is 14.5 Å². The lowest BCUT2D eigenvalue weighted by Gasteiger charge is -2.37. The Morgan fingerprint density at radius 1 is 1.26 bits per heavy atom. The first-order valence-corrected chi connectivity index (χ1v) is 14.2. The van der Waals surface area contributed by atoms with Crippen LogP contribution < -0.4 is 16.0 Å². The van der Waals surface area contributed by atoms with Crippen molar-refractivity contribution in [3.05, 3.63) is 88.0 Å². The highest BCUT2D eigenvalue weighted by molar-refractivity contribution is 8.01. The molecule has 3 N–H and O–H groups in total. The maximum Gasteiger partial charge on any atom is 0.235 e. The number of benzene rings is 1. The Bertz CT molecular complexity index is 1540. The summed E-state index contributed by atoms with van der Waals surface area (Å²) in [5.74, 6) is -0.0842. The summed E-state index contributed by atoms with van der Waals surface area (Å²) in [6.45, 7) is 0. The normalized spacial score (nSPS) is 17.4. The van der Waals surface area contributed by atoms with Gasteiger partial charge in [0.05, 0.1) is 22.4 Å². The van der Waals surface area contributed by atoms with Crippen LogP contribution in [-0.2, 0) is 9.59 Å². The molecule has 1 aliphatic heterocycles. The summed E-state index contributed by atoms with van der Waals surface area (Å²) in [4.78, 5) is 31.3. The minimum absolute atomic E-state index is 0.00388. The first kappa shape index (κ1) is 26.6. The number of thioether (sulfide) groups is 1. The van der Waals surface area contributed by atoms with Crippen molar-refractivity contribution in [2.45, 2.75) is 23.6 Å². The molecule has 39 heavy (non-hydrogen) atoms. The van der Waals surface area contributed by atoms with Crippen LogP contribution in [0.15, 0.2) is 81.7 Å². The number of carbonyl (C=O) groups is 2. The van der Waals surface area contributed by atoms with Gasteiger partial charge in [0, 0.05) is 29.8 Å². The van der Waals surface area contributed by atoms with E-state index in [2.05, 4.69) is 26.6 Å². The van der Waals surface area contributed by atoms with Crippen molar-refractivity contribution in [1.82, 2.24) is 15.2 Å². The number of carbonyl (C=O) groups excluding carboxylic acids is 2. The molecule has 196 valence electrons. The molecule has 2 aliphatic rings. The highest BCUT2D eigenvalue weighted by Crippen LogP contribution is 2.44. The van der Waals surface area contributed by atoms with Crippen LogP contribution in [0, 0.1) is 17.2 Å². The molecule has 9 nitrogen and oxygen atoms in total. The first-order valence-electron chi connectivity index (χ1n) is 12.0. The quantitative estimate of drug-likeness (QED) is 0.365. The number of allylic oxidation sites excluding steroid dienone is 4. The van der Waals surface area contributed by atoms with E-state index in [-0.39, 0.29) is 28.8 Å². The lowest BCUT2D eigenvalue weighted by atomic mass is 9.79. The predicted octanol–water partition coefficient (Wildman–Crippen LogP) is 5.17. The van der Waals surface area contributed by atoms with Crippen molar-refractivity contribution in [1.29, 1.82) is 5.26 Å². The van der Waals surface area contributed by atoms with E-state index in [1.165, 1.54) is 29.3 Å². The number of Topliss-reactive ketones (excluding diaryl/α,β-unsaturated/α-hetero) is 1. The van der Waals surface area contributed by atoms with Crippen LogP contribution in [0.1, 0.15) is 24.8 Å². The van der Waals surface area contributed by atoms with E-state index >= 15 is 0 Å². The number of halogens is 1. The summed E-state index contributed by atoms with van der Waals surface area (Å²) < 4.78 is 0.547. The van der Waals surface area contributed by atoms with Crippen LogP contribution in [0.4, 0.5) is 10.9 Å². The van der Waals surface area contributed by atoms with E-state index in [9.17, 15) is 14.9 Å². The summed E-state index contributed by atoms with van der Waals surface area (Å²) in [5, 5.41) is 22.2. The van der Waals surface area contributed by atoms with Gasteiger partial charge in [-0.2, -0.15) is 5.26 Å². The monoisotopic (exact) mass is 575 g/mol. The van der Waals surface area contributed by atoms with Crippen LogP contribution in [0.2, 0.25) is 5.02 Å². The zero-order valence-corrected chi connectivity index (χ0v) is 22.9. The third kappa shape index (κ3) is 5.88. The molecule has 1 unspecified atom stereocenters. The number of aromatic nitrogens is 3. The second kappa shape index (κ2) is 11.8. The van der Waals surface area contributed by atoms with Crippen LogP contribution in [-0.4, -0.2) is 32.6 Å². The Kier molecular flexibility index (Phi) is 8.07. The molecular weight excluding hydrogens is 554 g/mol. The molecule has 12 heteroatoms. The van der Waals surface area contributed by atoms with Crippen LogP contribution in [0.25, 0.3) is 6.08 Å². The number of ketones is 1. The number of rotatable bonds is 7. The lowest BCUT2D eigenvalue weighted by molar-refractivity contribution is -0.116. The molecule has 3 aromatic rings. The van der Waals surface area contributed by atoms with Crippen LogP contribution in [0.5, 0.6) is 0 Å². The summed E-state index contributed by atoms with van der Waals surface area (Å²) in [7, 11) is 0. The fraction of sp³-hybridized carbons (Fsp3) is 0.185. The molecule has 0 saturated heterocycles. The molecule has 0 radical (unpaired) electrons. The first-order chi connectivity index (χ1) is 18.9.